The first-order valence-electron chi connectivity index (χ1n) is 14.0. The third-order valence-electron chi connectivity index (χ3n) is 11.5. The van der Waals surface area contributed by atoms with Crippen LogP contribution in [0.5, 0.6) is 0 Å². The standard InChI is InChI=1S/C31H37NO6/c1-16(2)20-15-31-12-9-21-29(3,10-6-11-30(21,4)28(37)38)22(31)14-19(20)23-24(31)26(34)32(25(23)33)18-8-5-7-17(13-18)27(35)36/h5,7-8,13,15-16,19,21-24H,6,9-12,14H2,1-4H3,(H,35,36)(H,37,38)/t19-,21+,22+,23-,24+,29+,30-,31+/m1/s1. The third kappa shape index (κ3) is 3.02. The van der Waals surface area contributed by atoms with Crippen LogP contribution < -0.4 is 4.90 Å². The van der Waals surface area contributed by atoms with Crippen molar-refractivity contribution in [1.82, 2.24) is 0 Å². The number of imide groups is 1. The van der Waals surface area contributed by atoms with Gasteiger partial charge in [-0.3, -0.25) is 14.4 Å². The smallest absolute Gasteiger partial charge is 0.335 e. The maximum Gasteiger partial charge on any atom is 0.335 e. The first-order valence-corrected chi connectivity index (χ1v) is 14.0. The number of carboxylic acid groups (broad SMARTS) is 2. The summed E-state index contributed by atoms with van der Waals surface area (Å²) in [6.45, 7) is 8.48. The Labute approximate surface area is 223 Å². The van der Waals surface area contributed by atoms with Gasteiger partial charge in [-0.2, -0.15) is 0 Å². The molecular weight excluding hydrogens is 482 g/mol. The summed E-state index contributed by atoms with van der Waals surface area (Å²) in [5.41, 5.74) is 0.112. The zero-order valence-corrected chi connectivity index (χ0v) is 22.6. The van der Waals surface area contributed by atoms with Crippen molar-refractivity contribution in [2.75, 3.05) is 4.90 Å². The van der Waals surface area contributed by atoms with Crippen LogP contribution in [0.1, 0.15) is 76.6 Å². The van der Waals surface area contributed by atoms with E-state index in [1.807, 2.05) is 6.92 Å². The normalized spacial score (nSPS) is 41.4. The van der Waals surface area contributed by atoms with Gasteiger partial charge in [-0.05, 0) is 86.3 Å². The Morgan fingerprint density at radius 2 is 1.76 bits per heavy atom. The van der Waals surface area contributed by atoms with E-state index in [1.54, 1.807) is 12.1 Å². The van der Waals surface area contributed by atoms with Gasteiger partial charge in [0, 0.05) is 5.41 Å². The van der Waals surface area contributed by atoms with Crippen molar-refractivity contribution in [2.45, 2.75) is 66.2 Å². The second kappa shape index (κ2) is 8.03. The highest BCUT2D eigenvalue weighted by molar-refractivity contribution is 6.23. The number of nitrogens with zero attached hydrogens (tertiary/aromatic N) is 1. The Kier molecular flexibility index (Phi) is 5.35. The number of allylic oxidation sites excluding steroid dienone is 2. The number of benzene rings is 1. The summed E-state index contributed by atoms with van der Waals surface area (Å²) in [5, 5.41) is 19.8. The van der Waals surface area contributed by atoms with Gasteiger partial charge in [0.25, 0.3) is 0 Å². The molecule has 1 spiro atoms. The number of anilines is 1. The number of rotatable bonds is 4. The SMILES string of the molecule is CC(C)C1=C[C@@]23CC[C@H]4[C@](C)(CCC[C@@]4(C)C(=O)O)[C@@H]2C[C@H]1[C@H]1C(=O)N(c2cccc(C(=O)O)c2)C(=O)[C@H]13. The molecule has 38 heavy (non-hydrogen) atoms. The van der Waals surface area contributed by atoms with Crippen LogP contribution in [0.15, 0.2) is 35.9 Å². The van der Waals surface area contributed by atoms with Crippen LogP contribution in [-0.4, -0.2) is 34.0 Å². The summed E-state index contributed by atoms with van der Waals surface area (Å²) < 4.78 is 0. The summed E-state index contributed by atoms with van der Waals surface area (Å²) in [7, 11) is 0. The number of carbonyl (C=O) groups excluding carboxylic acids is 2. The van der Waals surface area contributed by atoms with Gasteiger partial charge in [-0.1, -0.05) is 44.9 Å². The molecule has 2 bridgehead atoms. The number of fused-ring (bicyclic) bond motifs is 1. The second-order valence-corrected chi connectivity index (χ2v) is 13.4. The zero-order valence-electron chi connectivity index (χ0n) is 22.6. The molecule has 7 nitrogen and oxygen atoms in total. The Morgan fingerprint density at radius 1 is 1.03 bits per heavy atom. The van der Waals surface area contributed by atoms with E-state index >= 15 is 0 Å². The van der Waals surface area contributed by atoms with Crippen molar-refractivity contribution in [3.05, 3.63) is 41.5 Å². The Hall–Kier alpha value is -2.96. The largest absolute Gasteiger partial charge is 0.481 e. The maximum absolute atomic E-state index is 14.3. The van der Waals surface area contributed by atoms with Gasteiger partial charge in [0.05, 0.1) is 28.5 Å². The van der Waals surface area contributed by atoms with Gasteiger partial charge >= 0.3 is 11.9 Å². The number of carboxylic acids is 2. The minimum Gasteiger partial charge on any atom is -0.481 e. The predicted molar refractivity (Wildman–Crippen MR) is 140 cm³/mol. The van der Waals surface area contributed by atoms with E-state index in [0.29, 0.717) is 18.5 Å². The minimum atomic E-state index is -1.10. The van der Waals surface area contributed by atoms with Gasteiger partial charge in [0.1, 0.15) is 0 Å². The fourth-order valence-electron chi connectivity index (χ4n) is 9.99. The van der Waals surface area contributed by atoms with E-state index in [9.17, 15) is 29.4 Å². The molecule has 2 amide bonds. The van der Waals surface area contributed by atoms with Gasteiger partial charge < -0.3 is 10.2 Å². The Morgan fingerprint density at radius 3 is 2.42 bits per heavy atom. The van der Waals surface area contributed by atoms with Crippen molar-refractivity contribution >= 4 is 29.4 Å². The molecule has 1 heterocycles. The van der Waals surface area contributed by atoms with Gasteiger partial charge in [-0.25, -0.2) is 9.69 Å². The van der Waals surface area contributed by atoms with Crippen LogP contribution in [-0.2, 0) is 14.4 Å². The molecule has 5 aliphatic carbocycles. The molecule has 1 aliphatic heterocycles. The first-order chi connectivity index (χ1) is 17.9. The highest BCUT2D eigenvalue weighted by atomic mass is 16.4. The molecule has 4 fully saturated rings. The fourth-order valence-corrected chi connectivity index (χ4v) is 9.99. The Bertz CT molecular complexity index is 1300. The van der Waals surface area contributed by atoms with Crippen molar-refractivity contribution in [2.24, 2.45) is 51.8 Å². The van der Waals surface area contributed by atoms with E-state index in [1.165, 1.54) is 22.6 Å². The van der Waals surface area contributed by atoms with Crippen LogP contribution in [0.3, 0.4) is 0 Å². The molecular formula is C31H37NO6. The van der Waals surface area contributed by atoms with Crippen molar-refractivity contribution in [3.63, 3.8) is 0 Å². The lowest BCUT2D eigenvalue weighted by Crippen LogP contribution is -2.65. The zero-order chi connectivity index (χ0) is 27.4. The van der Waals surface area contributed by atoms with Crippen LogP contribution in [0.2, 0.25) is 0 Å². The number of aliphatic carboxylic acids is 1. The highest BCUT2D eigenvalue weighted by Gasteiger charge is 2.73. The Balaban J connectivity index is 1.48. The number of hydrogen-bond donors (Lipinski definition) is 2. The average Bonchev–Trinajstić information content (AvgIpc) is 3.15. The van der Waals surface area contributed by atoms with Gasteiger partial charge in [-0.15, -0.1) is 0 Å². The summed E-state index contributed by atoms with van der Waals surface area (Å²) in [4.78, 5) is 53.8. The molecule has 0 radical (unpaired) electrons. The number of carbonyl (C=O) groups is 4. The van der Waals surface area contributed by atoms with E-state index in [-0.39, 0.29) is 46.5 Å². The summed E-state index contributed by atoms with van der Waals surface area (Å²) in [5.74, 6) is -2.89. The van der Waals surface area contributed by atoms with Gasteiger partial charge in [0.15, 0.2) is 0 Å². The molecule has 0 aromatic heterocycles. The lowest BCUT2D eigenvalue weighted by atomic mass is 9.34. The molecule has 1 aromatic carbocycles. The molecule has 0 unspecified atom stereocenters. The molecule has 1 aromatic rings. The number of aromatic carboxylic acids is 1. The lowest BCUT2D eigenvalue weighted by Gasteiger charge is -2.68. The molecule has 202 valence electrons. The van der Waals surface area contributed by atoms with Crippen molar-refractivity contribution < 1.29 is 29.4 Å². The van der Waals surface area contributed by atoms with Crippen LogP contribution in [0.25, 0.3) is 0 Å². The van der Waals surface area contributed by atoms with E-state index < -0.39 is 34.6 Å². The van der Waals surface area contributed by atoms with E-state index in [4.69, 9.17) is 0 Å². The van der Waals surface area contributed by atoms with Crippen molar-refractivity contribution in [1.29, 1.82) is 0 Å². The summed E-state index contributed by atoms with van der Waals surface area (Å²) in [6, 6.07) is 6.10. The fraction of sp³-hybridized carbons (Fsp3) is 0.613. The molecule has 8 atom stereocenters. The lowest BCUT2D eigenvalue weighted by molar-refractivity contribution is -0.194. The molecule has 7 heteroatoms. The third-order valence-corrected chi connectivity index (χ3v) is 11.5. The second-order valence-electron chi connectivity index (χ2n) is 13.4. The number of amides is 2. The number of hydrogen-bond acceptors (Lipinski definition) is 4. The quantitative estimate of drug-likeness (QED) is 0.407. The summed E-state index contributed by atoms with van der Waals surface area (Å²) in [6.07, 6.45) is 7.05. The van der Waals surface area contributed by atoms with Crippen LogP contribution in [0, 0.1) is 51.8 Å². The first kappa shape index (κ1) is 25.3. The highest BCUT2D eigenvalue weighted by Crippen LogP contribution is 2.74. The van der Waals surface area contributed by atoms with Gasteiger partial charge in [0.2, 0.25) is 11.8 Å². The topological polar surface area (TPSA) is 112 Å². The molecule has 7 rings (SSSR count). The average molecular weight is 520 g/mol. The molecule has 1 saturated heterocycles. The molecule has 6 aliphatic rings. The molecule has 3 saturated carbocycles. The van der Waals surface area contributed by atoms with Crippen LogP contribution in [0.4, 0.5) is 5.69 Å². The van der Waals surface area contributed by atoms with E-state index in [0.717, 1.165) is 25.7 Å². The minimum absolute atomic E-state index is 0.0288. The summed E-state index contributed by atoms with van der Waals surface area (Å²) >= 11 is 0. The maximum atomic E-state index is 14.3. The monoisotopic (exact) mass is 519 g/mol. The van der Waals surface area contributed by atoms with Crippen LogP contribution >= 0.6 is 0 Å². The molecule has 2 N–H and O–H groups in total. The van der Waals surface area contributed by atoms with E-state index in [2.05, 4.69) is 26.8 Å². The van der Waals surface area contributed by atoms with Crippen molar-refractivity contribution in [3.8, 4) is 0 Å². The predicted octanol–water partition coefficient (Wildman–Crippen LogP) is 5.40.